The fraction of sp³-hybridized carbons (Fsp3) is 0.700. The van der Waals surface area contributed by atoms with E-state index in [2.05, 4.69) is 17.2 Å². The van der Waals surface area contributed by atoms with Gasteiger partial charge >= 0.3 is 0 Å². The second kappa shape index (κ2) is 4.87. The van der Waals surface area contributed by atoms with Gasteiger partial charge in [0.2, 0.25) is 0 Å². The second-order valence-corrected chi connectivity index (χ2v) is 4.98. The molecule has 1 fully saturated rings. The molecular formula is C10H16N2OS. The number of nitrogens with zero attached hydrogens (tertiary/aromatic N) is 1. The summed E-state index contributed by atoms with van der Waals surface area (Å²) in [5.74, 6) is 0. The van der Waals surface area contributed by atoms with Crippen LogP contribution < -0.4 is 5.32 Å². The van der Waals surface area contributed by atoms with E-state index in [1.165, 1.54) is 22.7 Å². The summed E-state index contributed by atoms with van der Waals surface area (Å²) in [4.78, 5) is 5.59. The molecule has 1 N–H and O–H groups in total. The van der Waals surface area contributed by atoms with Gasteiger partial charge < -0.3 is 10.1 Å². The van der Waals surface area contributed by atoms with Gasteiger partial charge in [0.05, 0.1) is 6.61 Å². The van der Waals surface area contributed by atoms with Crippen molar-refractivity contribution in [3.05, 3.63) is 16.1 Å². The lowest BCUT2D eigenvalue weighted by Crippen LogP contribution is -2.36. The van der Waals surface area contributed by atoms with Crippen molar-refractivity contribution in [2.24, 2.45) is 0 Å². The Bertz CT molecular complexity index is 281. The maximum Gasteiger partial charge on any atom is 0.107 e. The van der Waals surface area contributed by atoms with Crippen LogP contribution in [-0.4, -0.2) is 24.2 Å². The van der Waals surface area contributed by atoms with Gasteiger partial charge in [0.1, 0.15) is 5.01 Å². The molecule has 0 radical (unpaired) electrons. The topological polar surface area (TPSA) is 34.2 Å². The molecule has 0 bridgehead atoms. The van der Waals surface area contributed by atoms with Crippen molar-refractivity contribution in [1.82, 2.24) is 10.3 Å². The molecule has 0 aromatic carbocycles. The number of aromatic nitrogens is 1. The van der Waals surface area contributed by atoms with Crippen LogP contribution >= 0.6 is 11.3 Å². The van der Waals surface area contributed by atoms with E-state index in [1.807, 2.05) is 6.20 Å². The summed E-state index contributed by atoms with van der Waals surface area (Å²) in [6, 6.07) is 0.521. The highest BCUT2D eigenvalue weighted by molar-refractivity contribution is 7.11. The molecule has 1 aliphatic heterocycles. The predicted molar refractivity (Wildman–Crippen MR) is 57.5 cm³/mol. The number of ether oxygens (including phenoxy) is 1. The summed E-state index contributed by atoms with van der Waals surface area (Å²) in [5.41, 5.74) is 0. The monoisotopic (exact) mass is 212 g/mol. The van der Waals surface area contributed by atoms with Crippen molar-refractivity contribution in [3.8, 4) is 0 Å². The van der Waals surface area contributed by atoms with Gasteiger partial charge in [0, 0.05) is 30.3 Å². The molecule has 4 heteroatoms. The number of hydrogen-bond acceptors (Lipinski definition) is 4. The molecule has 78 valence electrons. The maximum absolute atomic E-state index is 5.40. The summed E-state index contributed by atoms with van der Waals surface area (Å²) < 4.78 is 5.40. The Morgan fingerprint density at radius 3 is 3.29 bits per heavy atom. The maximum atomic E-state index is 5.40. The van der Waals surface area contributed by atoms with Crippen molar-refractivity contribution < 1.29 is 4.74 Å². The van der Waals surface area contributed by atoms with Crippen LogP contribution in [0.25, 0.3) is 0 Å². The van der Waals surface area contributed by atoms with Crippen LogP contribution in [0, 0.1) is 6.92 Å². The van der Waals surface area contributed by atoms with Crippen LogP contribution in [0.4, 0.5) is 0 Å². The van der Waals surface area contributed by atoms with Crippen LogP contribution in [0.1, 0.15) is 22.7 Å². The third-order valence-electron chi connectivity index (χ3n) is 2.37. The molecule has 14 heavy (non-hydrogen) atoms. The van der Waals surface area contributed by atoms with E-state index in [0.717, 1.165) is 19.8 Å². The van der Waals surface area contributed by atoms with Crippen LogP contribution in [0.5, 0.6) is 0 Å². The average molecular weight is 212 g/mol. The minimum Gasteiger partial charge on any atom is -0.380 e. The Labute approximate surface area is 88.5 Å². The molecule has 0 spiro atoms. The summed E-state index contributed by atoms with van der Waals surface area (Å²) in [7, 11) is 0. The molecule has 1 atom stereocenters. The smallest absolute Gasteiger partial charge is 0.107 e. The Morgan fingerprint density at radius 2 is 2.64 bits per heavy atom. The third-order valence-corrected chi connectivity index (χ3v) is 3.28. The fourth-order valence-corrected chi connectivity index (χ4v) is 2.35. The Balaban J connectivity index is 1.76. The quantitative estimate of drug-likeness (QED) is 0.828. The molecule has 1 aromatic heterocycles. The molecule has 3 nitrogen and oxygen atoms in total. The van der Waals surface area contributed by atoms with Gasteiger partial charge in [-0.2, -0.15) is 0 Å². The van der Waals surface area contributed by atoms with Crippen molar-refractivity contribution in [2.45, 2.75) is 32.4 Å². The lowest BCUT2D eigenvalue weighted by molar-refractivity contribution is 0.0699. The minimum absolute atomic E-state index is 0.521. The molecule has 0 amide bonds. The number of nitrogens with one attached hydrogen (secondary N) is 1. The molecule has 0 saturated carbocycles. The minimum atomic E-state index is 0.521. The summed E-state index contributed by atoms with van der Waals surface area (Å²) in [6.07, 6.45) is 4.33. The number of hydrogen-bond donors (Lipinski definition) is 1. The lowest BCUT2D eigenvalue weighted by atomic mass is 10.1. The summed E-state index contributed by atoms with van der Waals surface area (Å²) in [5, 5.41) is 4.65. The van der Waals surface area contributed by atoms with Crippen LogP contribution in [0.15, 0.2) is 6.20 Å². The molecule has 1 aromatic rings. The van der Waals surface area contributed by atoms with Crippen molar-refractivity contribution in [1.29, 1.82) is 0 Å². The van der Waals surface area contributed by atoms with Gasteiger partial charge in [0.25, 0.3) is 0 Å². The van der Waals surface area contributed by atoms with E-state index in [1.54, 1.807) is 11.3 Å². The zero-order valence-electron chi connectivity index (χ0n) is 8.45. The molecule has 0 aliphatic carbocycles. The first-order chi connectivity index (χ1) is 6.84. The first kappa shape index (κ1) is 10.1. The van der Waals surface area contributed by atoms with Gasteiger partial charge in [-0.25, -0.2) is 4.98 Å². The first-order valence-electron chi connectivity index (χ1n) is 5.07. The van der Waals surface area contributed by atoms with Crippen molar-refractivity contribution in [2.75, 3.05) is 13.2 Å². The standard InChI is InChI=1S/C10H16N2OS/c1-8-5-12-10(14-8)6-11-9-3-2-4-13-7-9/h5,9,11H,2-4,6-7H2,1H3. The average Bonchev–Trinajstić information content (AvgIpc) is 2.63. The number of thiazole rings is 1. The highest BCUT2D eigenvalue weighted by Gasteiger charge is 2.13. The molecule has 1 unspecified atom stereocenters. The largest absolute Gasteiger partial charge is 0.380 e. The molecule has 2 heterocycles. The van der Waals surface area contributed by atoms with E-state index in [0.29, 0.717) is 6.04 Å². The van der Waals surface area contributed by atoms with E-state index in [9.17, 15) is 0 Å². The summed E-state index contributed by atoms with van der Waals surface area (Å²) in [6.45, 7) is 4.75. The van der Waals surface area contributed by atoms with Crippen LogP contribution in [-0.2, 0) is 11.3 Å². The van der Waals surface area contributed by atoms with E-state index >= 15 is 0 Å². The molecule has 2 rings (SSSR count). The fourth-order valence-electron chi connectivity index (χ4n) is 1.62. The van der Waals surface area contributed by atoms with Gasteiger partial charge in [-0.05, 0) is 19.8 Å². The van der Waals surface area contributed by atoms with Crippen LogP contribution in [0.2, 0.25) is 0 Å². The van der Waals surface area contributed by atoms with Gasteiger partial charge in [-0.1, -0.05) is 0 Å². The first-order valence-corrected chi connectivity index (χ1v) is 5.88. The SMILES string of the molecule is Cc1cnc(CNC2CCCOC2)s1. The van der Waals surface area contributed by atoms with E-state index in [-0.39, 0.29) is 0 Å². The highest BCUT2D eigenvalue weighted by atomic mass is 32.1. The van der Waals surface area contributed by atoms with Crippen LogP contribution in [0.3, 0.4) is 0 Å². The second-order valence-electron chi connectivity index (χ2n) is 3.66. The zero-order valence-corrected chi connectivity index (χ0v) is 9.27. The third kappa shape index (κ3) is 2.77. The molecular weight excluding hydrogens is 196 g/mol. The van der Waals surface area contributed by atoms with Crippen molar-refractivity contribution >= 4 is 11.3 Å². The Morgan fingerprint density at radius 1 is 1.71 bits per heavy atom. The van der Waals surface area contributed by atoms with Crippen molar-refractivity contribution in [3.63, 3.8) is 0 Å². The number of rotatable bonds is 3. The normalized spacial score (nSPS) is 22.5. The summed E-state index contributed by atoms with van der Waals surface area (Å²) >= 11 is 1.76. The van der Waals surface area contributed by atoms with Gasteiger partial charge in [-0.3, -0.25) is 0 Å². The Kier molecular flexibility index (Phi) is 3.50. The number of aryl methyl sites for hydroxylation is 1. The van der Waals surface area contributed by atoms with E-state index in [4.69, 9.17) is 4.74 Å². The zero-order chi connectivity index (χ0) is 9.80. The van der Waals surface area contributed by atoms with Gasteiger partial charge in [0.15, 0.2) is 0 Å². The highest BCUT2D eigenvalue weighted by Crippen LogP contribution is 2.12. The molecule has 1 saturated heterocycles. The molecule has 1 aliphatic rings. The lowest BCUT2D eigenvalue weighted by Gasteiger charge is -2.22. The predicted octanol–water partition coefficient (Wildman–Crippen LogP) is 1.72. The van der Waals surface area contributed by atoms with Gasteiger partial charge in [-0.15, -0.1) is 11.3 Å². The Hall–Kier alpha value is -0.450. The van der Waals surface area contributed by atoms with E-state index < -0.39 is 0 Å².